The van der Waals surface area contributed by atoms with Crippen LogP contribution in [0.4, 0.5) is 0 Å². The molecule has 0 aromatic carbocycles. The van der Waals surface area contributed by atoms with Crippen LogP contribution in [-0.2, 0) is 9.47 Å². The van der Waals surface area contributed by atoms with Crippen molar-refractivity contribution in [2.24, 2.45) is 0 Å². The largest absolute Gasteiger partial charge is 0.359 e. The van der Waals surface area contributed by atoms with E-state index in [2.05, 4.69) is 28.3 Å². The lowest BCUT2D eigenvalue weighted by Crippen LogP contribution is -2.31. The van der Waals surface area contributed by atoms with Crippen LogP contribution in [0.1, 0.15) is 24.8 Å². The summed E-state index contributed by atoms with van der Waals surface area (Å²) in [6.07, 6.45) is 10.8. The van der Waals surface area contributed by atoms with E-state index in [1.54, 1.807) is 0 Å². The van der Waals surface area contributed by atoms with E-state index < -0.39 is 0 Å². The molecule has 0 atom stereocenters. The molecule has 1 fully saturated rings. The van der Waals surface area contributed by atoms with E-state index >= 15 is 0 Å². The number of aromatic amines is 1. The molecular weight excluding hydrogens is 240 g/mol. The van der Waals surface area contributed by atoms with Crippen molar-refractivity contribution in [3.8, 4) is 0 Å². The van der Waals surface area contributed by atoms with Gasteiger partial charge in [-0.25, -0.2) is 0 Å². The first-order valence-electron chi connectivity index (χ1n) is 6.75. The maximum absolute atomic E-state index is 5.75. The molecule has 2 aromatic heterocycles. The zero-order chi connectivity index (χ0) is 12.7. The fraction of sp³-hybridized carbons (Fsp3) is 0.400. The number of nitrogens with one attached hydrogen (secondary N) is 1. The molecule has 3 heterocycles. The van der Waals surface area contributed by atoms with E-state index in [1.165, 1.54) is 16.5 Å². The van der Waals surface area contributed by atoms with Gasteiger partial charge in [-0.05, 0) is 18.1 Å². The second kappa shape index (κ2) is 4.18. The highest BCUT2D eigenvalue weighted by atomic mass is 16.7. The van der Waals surface area contributed by atoms with Gasteiger partial charge in [0.05, 0.1) is 24.9 Å². The fourth-order valence-electron chi connectivity index (χ4n) is 3.05. The fourth-order valence-corrected chi connectivity index (χ4v) is 3.05. The summed E-state index contributed by atoms with van der Waals surface area (Å²) in [5.41, 5.74) is 3.75. The van der Waals surface area contributed by atoms with Crippen LogP contribution in [0, 0.1) is 0 Å². The molecule has 0 amide bonds. The van der Waals surface area contributed by atoms with Crippen LogP contribution < -0.4 is 0 Å². The molecule has 1 aliphatic carbocycles. The van der Waals surface area contributed by atoms with Crippen LogP contribution in [0.25, 0.3) is 16.5 Å². The van der Waals surface area contributed by atoms with Gasteiger partial charge in [0, 0.05) is 36.2 Å². The average molecular weight is 256 g/mol. The van der Waals surface area contributed by atoms with Gasteiger partial charge in [0.2, 0.25) is 0 Å². The number of fused-ring (bicyclic) bond motifs is 1. The summed E-state index contributed by atoms with van der Waals surface area (Å²) < 4.78 is 11.5. The maximum atomic E-state index is 5.75. The Morgan fingerprint density at radius 2 is 2.16 bits per heavy atom. The lowest BCUT2D eigenvalue weighted by Gasteiger charge is -2.30. The van der Waals surface area contributed by atoms with Crippen molar-refractivity contribution in [1.82, 2.24) is 9.97 Å². The molecule has 98 valence electrons. The van der Waals surface area contributed by atoms with Crippen LogP contribution in [0.15, 0.2) is 30.7 Å². The summed E-state index contributed by atoms with van der Waals surface area (Å²) in [4.78, 5) is 7.42. The van der Waals surface area contributed by atoms with Crippen molar-refractivity contribution in [3.63, 3.8) is 0 Å². The molecule has 1 N–H and O–H groups in total. The third-order valence-corrected chi connectivity index (χ3v) is 4.08. The van der Waals surface area contributed by atoms with Crippen LogP contribution in [-0.4, -0.2) is 29.0 Å². The van der Waals surface area contributed by atoms with Crippen molar-refractivity contribution < 1.29 is 9.47 Å². The summed E-state index contributed by atoms with van der Waals surface area (Å²) in [6.45, 7) is 1.45. The minimum absolute atomic E-state index is 0.336. The number of aromatic nitrogens is 2. The van der Waals surface area contributed by atoms with Gasteiger partial charge >= 0.3 is 0 Å². The molecule has 0 bridgehead atoms. The number of allylic oxidation sites excluding steroid dienone is 1. The Morgan fingerprint density at radius 1 is 1.26 bits per heavy atom. The summed E-state index contributed by atoms with van der Waals surface area (Å²) in [6, 6.07) is 2.06. The van der Waals surface area contributed by atoms with Crippen LogP contribution in [0.2, 0.25) is 0 Å². The van der Waals surface area contributed by atoms with E-state index in [1.807, 2.05) is 12.4 Å². The van der Waals surface area contributed by atoms with Crippen molar-refractivity contribution in [1.29, 1.82) is 0 Å². The first-order chi connectivity index (χ1) is 9.36. The highest BCUT2D eigenvalue weighted by molar-refractivity contribution is 5.92. The molecule has 1 spiro atoms. The zero-order valence-corrected chi connectivity index (χ0v) is 10.7. The molecule has 1 saturated heterocycles. The Bertz CT molecular complexity index is 638. The lowest BCUT2D eigenvalue weighted by molar-refractivity contribution is -0.159. The van der Waals surface area contributed by atoms with E-state index in [0.717, 1.165) is 38.0 Å². The molecule has 19 heavy (non-hydrogen) atoms. The summed E-state index contributed by atoms with van der Waals surface area (Å²) in [7, 11) is 0. The van der Waals surface area contributed by atoms with Gasteiger partial charge in [-0.2, -0.15) is 0 Å². The van der Waals surface area contributed by atoms with E-state index in [4.69, 9.17) is 9.47 Å². The Balaban J connectivity index is 1.68. The number of hydrogen-bond acceptors (Lipinski definition) is 3. The first-order valence-corrected chi connectivity index (χ1v) is 6.75. The number of nitrogens with zero attached hydrogens (tertiary/aromatic N) is 1. The topological polar surface area (TPSA) is 47.1 Å². The zero-order valence-electron chi connectivity index (χ0n) is 10.7. The third kappa shape index (κ3) is 1.79. The molecule has 0 radical (unpaired) electrons. The van der Waals surface area contributed by atoms with Gasteiger partial charge in [-0.3, -0.25) is 4.98 Å². The van der Waals surface area contributed by atoms with Crippen LogP contribution in [0.5, 0.6) is 0 Å². The summed E-state index contributed by atoms with van der Waals surface area (Å²) >= 11 is 0. The second-order valence-electron chi connectivity index (χ2n) is 5.16. The minimum Gasteiger partial charge on any atom is -0.359 e. The van der Waals surface area contributed by atoms with Crippen molar-refractivity contribution in [2.45, 2.75) is 25.0 Å². The molecule has 0 saturated carbocycles. The van der Waals surface area contributed by atoms with Gasteiger partial charge in [-0.15, -0.1) is 0 Å². The molecule has 0 unspecified atom stereocenters. The number of hydrogen-bond donors (Lipinski definition) is 1. The van der Waals surface area contributed by atoms with Gasteiger partial charge in [0.15, 0.2) is 5.79 Å². The third-order valence-electron chi connectivity index (χ3n) is 4.08. The van der Waals surface area contributed by atoms with E-state index in [-0.39, 0.29) is 5.79 Å². The minimum atomic E-state index is -0.336. The number of pyridine rings is 1. The van der Waals surface area contributed by atoms with Gasteiger partial charge in [0.1, 0.15) is 0 Å². The van der Waals surface area contributed by atoms with E-state index in [0.29, 0.717) is 0 Å². The lowest BCUT2D eigenvalue weighted by atomic mass is 9.90. The monoisotopic (exact) mass is 256 g/mol. The SMILES string of the molecule is C1=C(c2c[nH]c3cnccc23)CCC2(C1)OCCO2. The van der Waals surface area contributed by atoms with Crippen molar-refractivity contribution in [3.05, 3.63) is 36.3 Å². The molecule has 4 heteroatoms. The highest BCUT2D eigenvalue weighted by Crippen LogP contribution is 2.39. The first kappa shape index (κ1) is 11.2. The van der Waals surface area contributed by atoms with Crippen molar-refractivity contribution >= 4 is 16.5 Å². The van der Waals surface area contributed by atoms with Gasteiger partial charge in [-0.1, -0.05) is 6.08 Å². The average Bonchev–Trinajstić information content (AvgIpc) is 3.08. The Hall–Kier alpha value is -1.65. The summed E-state index contributed by atoms with van der Waals surface area (Å²) in [5, 5.41) is 1.24. The van der Waals surface area contributed by atoms with Crippen LogP contribution >= 0.6 is 0 Å². The predicted octanol–water partition coefficient (Wildman–Crippen LogP) is 2.87. The highest BCUT2D eigenvalue weighted by Gasteiger charge is 2.37. The number of rotatable bonds is 1. The van der Waals surface area contributed by atoms with Gasteiger partial charge in [0.25, 0.3) is 0 Å². The normalized spacial score (nSPS) is 22.0. The number of ether oxygens (including phenoxy) is 2. The molecule has 4 rings (SSSR count). The quantitative estimate of drug-likeness (QED) is 0.853. The van der Waals surface area contributed by atoms with E-state index in [9.17, 15) is 0 Å². The molecule has 4 nitrogen and oxygen atoms in total. The second-order valence-corrected chi connectivity index (χ2v) is 5.16. The van der Waals surface area contributed by atoms with Crippen LogP contribution in [0.3, 0.4) is 0 Å². The molecule has 2 aliphatic rings. The van der Waals surface area contributed by atoms with Crippen molar-refractivity contribution in [2.75, 3.05) is 13.2 Å². The Morgan fingerprint density at radius 3 is 2.95 bits per heavy atom. The Kier molecular flexibility index (Phi) is 2.47. The Labute approximate surface area is 111 Å². The standard InChI is InChI=1S/C15H16N2O2/c1-4-15(18-7-8-19-15)5-2-11(1)13-9-17-14-10-16-6-3-12(13)14/h1,3,6,9-10,17H,2,4-5,7-8H2. The molecule has 2 aromatic rings. The van der Waals surface area contributed by atoms with Gasteiger partial charge < -0.3 is 14.5 Å². The predicted molar refractivity (Wildman–Crippen MR) is 72.6 cm³/mol. The summed E-state index contributed by atoms with van der Waals surface area (Å²) in [5.74, 6) is -0.336. The molecular formula is C15H16N2O2. The smallest absolute Gasteiger partial charge is 0.172 e. The maximum Gasteiger partial charge on any atom is 0.172 e. The number of H-pyrrole nitrogens is 1. The molecule has 1 aliphatic heterocycles.